The normalized spacial score (nSPS) is 21.9. The van der Waals surface area contributed by atoms with E-state index in [0.29, 0.717) is 6.42 Å². The molecule has 4 rings (SSSR count). The third kappa shape index (κ3) is 4.08. The molecule has 1 saturated heterocycles. The Balaban J connectivity index is 0.00000210. The number of nitrogens with zero attached hydrogens (tertiary/aromatic N) is 4. The molecule has 7 nitrogen and oxygen atoms in total. The van der Waals surface area contributed by atoms with Gasteiger partial charge in [-0.25, -0.2) is 9.97 Å². The molecule has 1 aromatic rings. The van der Waals surface area contributed by atoms with Gasteiger partial charge in [-0.15, -0.1) is 12.4 Å². The number of thioether (sulfide) groups is 1. The Morgan fingerprint density at radius 2 is 1.96 bits per heavy atom. The van der Waals surface area contributed by atoms with Gasteiger partial charge in [-0.3, -0.25) is 9.69 Å². The first-order chi connectivity index (χ1) is 12.5. The number of fused-ring (bicyclic) bond motifs is 1. The summed E-state index contributed by atoms with van der Waals surface area (Å²) in [5.74, 6) is 1.12. The van der Waals surface area contributed by atoms with Gasteiger partial charge in [0.15, 0.2) is 11.6 Å². The zero-order valence-corrected chi connectivity index (χ0v) is 17.3. The second-order valence-electron chi connectivity index (χ2n) is 7.91. The van der Waals surface area contributed by atoms with E-state index < -0.39 is 0 Å². The molecule has 0 spiro atoms. The van der Waals surface area contributed by atoms with Crippen molar-refractivity contribution in [3.8, 4) is 0 Å². The molecule has 148 valence electrons. The van der Waals surface area contributed by atoms with E-state index in [1.165, 1.54) is 11.8 Å². The lowest BCUT2D eigenvalue weighted by Crippen LogP contribution is -2.47. The molecule has 3 heterocycles. The molecule has 0 amide bonds. The quantitative estimate of drug-likeness (QED) is 0.732. The highest BCUT2D eigenvalue weighted by Gasteiger charge is 2.37. The lowest BCUT2D eigenvalue weighted by atomic mass is 9.78. The van der Waals surface area contributed by atoms with E-state index in [-0.39, 0.29) is 30.2 Å². The standard InChI is InChI=1S/C18H25N5O2S.ClH/c1-18(2)9-12-15(13(25)10-18)26-17-14(21-12)16(19-11-20-17)23-5-3-22(4-6-23)7-8-24;/h11,21,24H,3-10H2,1-2H3;1H. The molecule has 27 heavy (non-hydrogen) atoms. The molecule has 1 aromatic heterocycles. The number of ketones is 1. The number of hydrogen-bond donors (Lipinski definition) is 2. The molecule has 2 aliphatic heterocycles. The number of aliphatic hydroxyl groups excluding tert-OH is 1. The van der Waals surface area contributed by atoms with Gasteiger partial charge in [0.2, 0.25) is 0 Å². The number of rotatable bonds is 3. The van der Waals surface area contributed by atoms with Gasteiger partial charge >= 0.3 is 0 Å². The zero-order chi connectivity index (χ0) is 18.3. The first kappa shape index (κ1) is 20.4. The summed E-state index contributed by atoms with van der Waals surface area (Å²) in [6.45, 7) is 8.74. The van der Waals surface area contributed by atoms with Crippen LogP contribution in [-0.4, -0.2) is 65.1 Å². The number of nitrogens with one attached hydrogen (secondary N) is 1. The Morgan fingerprint density at radius 3 is 2.67 bits per heavy atom. The number of hydrogen-bond acceptors (Lipinski definition) is 8. The van der Waals surface area contributed by atoms with Crippen molar-refractivity contribution < 1.29 is 9.90 Å². The van der Waals surface area contributed by atoms with Crippen molar-refractivity contribution in [1.29, 1.82) is 0 Å². The SMILES string of the molecule is CC1(C)CC(=O)C2=C(C1)Nc1c(ncnc1N1CCN(CCO)CC1)S2.Cl. The van der Waals surface area contributed by atoms with Crippen LogP contribution in [0.1, 0.15) is 26.7 Å². The molecule has 3 aliphatic rings. The van der Waals surface area contributed by atoms with Gasteiger partial charge in [-0.2, -0.15) is 0 Å². The van der Waals surface area contributed by atoms with Crippen LogP contribution in [0.25, 0.3) is 0 Å². The molecule has 0 radical (unpaired) electrons. The average molecular weight is 412 g/mol. The van der Waals surface area contributed by atoms with Gasteiger partial charge in [0, 0.05) is 44.8 Å². The summed E-state index contributed by atoms with van der Waals surface area (Å²) in [6, 6.07) is 0. The summed E-state index contributed by atoms with van der Waals surface area (Å²) in [6.07, 6.45) is 3.03. The number of β-amino-alcohol motifs (C(OH)–C–C–N with tert-alkyl or cyclic N) is 1. The van der Waals surface area contributed by atoms with Crippen molar-refractivity contribution in [3.63, 3.8) is 0 Å². The van der Waals surface area contributed by atoms with Gasteiger partial charge in [-0.1, -0.05) is 25.6 Å². The van der Waals surface area contributed by atoms with Crippen LogP contribution in [0.3, 0.4) is 0 Å². The summed E-state index contributed by atoms with van der Waals surface area (Å²) in [7, 11) is 0. The number of allylic oxidation sites excluding steroid dienone is 2. The van der Waals surface area contributed by atoms with Crippen molar-refractivity contribution in [2.75, 3.05) is 49.5 Å². The fourth-order valence-electron chi connectivity index (χ4n) is 3.88. The number of aliphatic hydroxyl groups is 1. The molecule has 0 aromatic carbocycles. The molecular formula is C18H26ClN5O2S. The number of carbonyl (C=O) groups excluding carboxylic acids is 1. The van der Waals surface area contributed by atoms with Crippen LogP contribution >= 0.6 is 24.2 Å². The predicted molar refractivity (Wildman–Crippen MR) is 110 cm³/mol. The minimum absolute atomic E-state index is 0. The Hall–Kier alpha value is -1.35. The highest BCUT2D eigenvalue weighted by atomic mass is 35.5. The Bertz CT molecular complexity index is 762. The maximum Gasteiger partial charge on any atom is 0.171 e. The van der Waals surface area contributed by atoms with Gasteiger partial charge in [0.1, 0.15) is 17.0 Å². The van der Waals surface area contributed by atoms with E-state index in [1.54, 1.807) is 6.33 Å². The second-order valence-corrected chi connectivity index (χ2v) is 8.90. The Kier molecular flexibility index (Phi) is 6.00. The summed E-state index contributed by atoms with van der Waals surface area (Å²) >= 11 is 1.48. The van der Waals surface area contributed by atoms with E-state index in [1.807, 2.05) is 0 Å². The van der Waals surface area contributed by atoms with E-state index in [4.69, 9.17) is 5.11 Å². The summed E-state index contributed by atoms with van der Waals surface area (Å²) in [5.41, 5.74) is 1.92. The van der Waals surface area contributed by atoms with Crippen molar-refractivity contribution in [2.24, 2.45) is 5.41 Å². The van der Waals surface area contributed by atoms with Gasteiger partial charge < -0.3 is 15.3 Å². The number of carbonyl (C=O) groups is 1. The second kappa shape index (κ2) is 7.95. The predicted octanol–water partition coefficient (Wildman–Crippen LogP) is 2.13. The van der Waals surface area contributed by atoms with Crippen LogP contribution < -0.4 is 10.2 Å². The Morgan fingerprint density at radius 1 is 1.22 bits per heavy atom. The van der Waals surface area contributed by atoms with Crippen molar-refractivity contribution in [3.05, 3.63) is 16.9 Å². The summed E-state index contributed by atoms with van der Waals surface area (Å²) in [5, 5.41) is 13.4. The number of anilines is 2. The lowest BCUT2D eigenvalue weighted by Gasteiger charge is -2.38. The smallest absolute Gasteiger partial charge is 0.171 e. The molecule has 2 N–H and O–H groups in total. The maximum atomic E-state index is 12.5. The Labute approximate surface area is 170 Å². The average Bonchev–Trinajstić information content (AvgIpc) is 2.60. The fourth-order valence-corrected chi connectivity index (χ4v) is 4.85. The lowest BCUT2D eigenvalue weighted by molar-refractivity contribution is -0.117. The van der Waals surface area contributed by atoms with Crippen LogP contribution in [0.5, 0.6) is 0 Å². The first-order valence-electron chi connectivity index (χ1n) is 9.11. The third-order valence-electron chi connectivity index (χ3n) is 5.18. The molecule has 0 atom stereocenters. The summed E-state index contributed by atoms with van der Waals surface area (Å²) < 4.78 is 0. The largest absolute Gasteiger partial charge is 0.395 e. The number of Topliss-reactive ketones (excluding diaryl/α,β-unsaturated/α-hetero) is 1. The van der Waals surface area contributed by atoms with Crippen molar-refractivity contribution >= 4 is 41.5 Å². The van der Waals surface area contributed by atoms with Crippen LogP contribution in [0.4, 0.5) is 11.5 Å². The molecule has 0 saturated carbocycles. The molecular weight excluding hydrogens is 386 g/mol. The molecule has 9 heteroatoms. The van der Waals surface area contributed by atoms with Crippen LogP contribution in [0.2, 0.25) is 0 Å². The van der Waals surface area contributed by atoms with Gasteiger partial charge in [0.25, 0.3) is 0 Å². The molecule has 0 bridgehead atoms. The number of piperazine rings is 1. The maximum absolute atomic E-state index is 12.5. The summed E-state index contributed by atoms with van der Waals surface area (Å²) in [4.78, 5) is 26.8. The van der Waals surface area contributed by atoms with Gasteiger partial charge in [-0.05, 0) is 11.8 Å². The number of aromatic nitrogens is 2. The zero-order valence-electron chi connectivity index (χ0n) is 15.7. The monoisotopic (exact) mass is 411 g/mol. The third-order valence-corrected chi connectivity index (χ3v) is 6.36. The van der Waals surface area contributed by atoms with E-state index >= 15 is 0 Å². The first-order valence-corrected chi connectivity index (χ1v) is 9.93. The topological polar surface area (TPSA) is 81.6 Å². The van der Waals surface area contributed by atoms with E-state index in [9.17, 15) is 4.79 Å². The molecule has 1 aliphatic carbocycles. The van der Waals surface area contributed by atoms with Crippen LogP contribution in [-0.2, 0) is 4.79 Å². The minimum atomic E-state index is -0.0211. The fraction of sp³-hybridized carbons (Fsp3) is 0.611. The highest BCUT2D eigenvalue weighted by Crippen LogP contribution is 2.49. The molecule has 0 unspecified atom stereocenters. The van der Waals surface area contributed by atoms with E-state index in [2.05, 4.69) is 38.9 Å². The molecule has 1 fully saturated rings. The van der Waals surface area contributed by atoms with Crippen molar-refractivity contribution in [1.82, 2.24) is 14.9 Å². The van der Waals surface area contributed by atoms with Crippen LogP contribution in [0, 0.1) is 5.41 Å². The highest BCUT2D eigenvalue weighted by molar-refractivity contribution is 8.04. The van der Waals surface area contributed by atoms with E-state index in [0.717, 1.165) is 66.3 Å². The number of halogens is 1. The van der Waals surface area contributed by atoms with Gasteiger partial charge in [0.05, 0.1) is 11.5 Å². The minimum Gasteiger partial charge on any atom is -0.395 e. The van der Waals surface area contributed by atoms with Crippen LogP contribution in [0.15, 0.2) is 22.0 Å². The van der Waals surface area contributed by atoms with Crippen molar-refractivity contribution in [2.45, 2.75) is 31.7 Å².